The van der Waals surface area contributed by atoms with E-state index < -0.39 is 0 Å². The molecule has 0 aliphatic carbocycles. The van der Waals surface area contributed by atoms with Crippen molar-refractivity contribution >= 4 is 11.9 Å². The molecule has 0 atom stereocenters. The Morgan fingerprint density at radius 1 is 1.22 bits per heavy atom. The van der Waals surface area contributed by atoms with Crippen molar-refractivity contribution in [3.63, 3.8) is 0 Å². The van der Waals surface area contributed by atoms with Crippen LogP contribution >= 0.6 is 0 Å². The summed E-state index contributed by atoms with van der Waals surface area (Å²) in [5.41, 5.74) is 1.04. The lowest BCUT2D eigenvalue weighted by atomic mass is 9.96. The molecule has 0 spiro atoms. The lowest BCUT2D eigenvalue weighted by Crippen LogP contribution is -2.46. The third-order valence-corrected chi connectivity index (χ3v) is 4.14. The summed E-state index contributed by atoms with van der Waals surface area (Å²) < 4.78 is 5.11. The summed E-state index contributed by atoms with van der Waals surface area (Å²) in [5, 5.41) is 2.98. The highest BCUT2D eigenvalue weighted by molar-refractivity contribution is 5.79. The van der Waals surface area contributed by atoms with Gasteiger partial charge in [0.2, 0.25) is 5.91 Å². The van der Waals surface area contributed by atoms with Gasteiger partial charge in [-0.1, -0.05) is 12.1 Å². The summed E-state index contributed by atoms with van der Waals surface area (Å²) in [5.74, 6) is 0.857. The Hall–Kier alpha value is -2.24. The minimum Gasteiger partial charge on any atom is -0.497 e. The normalized spacial score (nSPS) is 15.2. The highest BCUT2D eigenvalue weighted by Crippen LogP contribution is 2.18. The van der Waals surface area contributed by atoms with E-state index in [0.29, 0.717) is 32.5 Å². The molecule has 1 fully saturated rings. The van der Waals surface area contributed by atoms with Gasteiger partial charge in [0.1, 0.15) is 5.75 Å². The molecule has 126 valence electrons. The van der Waals surface area contributed by atoms with Gasteiger partial charge in [-0.05, 0) is 30.5 Å². The van der Waals surface area contributed by atoms with E-state index in [-0.39, 0.29) is 17.9 Å². The number of nitrogens with zero attached hydrogens (tertiary/aromatic N) is 2. The molecule has 2 rings (SSSR count). The van der Waals surface area contributed by atoms with Gasteiger partial charge >= 0.3 is 6.03 Å². The van der Waals surface area contributed by atoms with Crippen molar-refractivity contribution in [1.82, 2.24) is 15.1 Å². The molecule has 1 aromatic carbocycles. The fourth-order valence-corrected chi connectivity index (χ4v) is 2.69. The Morgan fingerprint density at radius 2 is 1.83 bits per heavy atom. The fourth-order valence-electron chi connectivity index (χ4n) is 2.69. The maximum atomic E-state index is 12.3. The molecular weight excluding hydrogens is 294 g/mol. The van der Waals surface area contributed by atoms with Crippen LogP contribution in [0.1, 0.15) is 18.4 Å². The summed E-state index contributed by atoms with van der Waals surface area (Å²) in [4.78, 5) is 27.5. The van der Waals surface area contributed by atoms with E-state index in [2.05, 4.69) is 5.32 Å². The summed E-state index contributed by atoms with van der Waals surface area (Å²) >= 11 is 0. The quantitative estimate of drug-likeness (QED) is 0.919. The van der Waals surface area contributed by atoms with Gasteiger partial charge in [-0.15, -0.1) is 0 Å². The molecule has 3 amide bonds. The Labute approximate surface area is 137 Å². The number of carbonyl (C=O) groups is 2. The molecule has 0 unspecified atom stereocenters. The van der Waals surface area contributed by atoms with Gasteiger partial charge in [-0.2, -0.15) is 0 Å². The number of hydrogen-bond donors (Lipinski definition) is 1. The summed E-state index contributed by atoms with van der Waals surface area (Å²) in [6.45, 7) is 1.79. The molecule has 1 saturated heterocycles. The molecule has 1 aromatic rings. The van der Waals surface area contributed by atoms with E-state index in [1.807, 2.05) is 24.3 Å². The first kappa shape index (κ1) is 17.1. The van der Waals surface area contributed by atoms with Crippen LogP contribution in [-0.4, -0.2) is 56.0 Å². The number of methoxy groups -OCH3 is 1. The topological polar surface area (TPSA) is 61.9 Å². The summed E-state index contributed by atoms with van der Waals surface area (Å²) in [7, 11) is 5.12. The minimum atomic E-state index is -0.0144. The van der Waals surface area contributed by atoms with Gasteiger partial charge in [0.25, 0.3) is 0 Å². The SMILES string of the molecule is COc1ccc(CNC(=O)C2CCN(C(=O)N(C)C)CC2)cc1. The third-order valence-electron chi connectivity index (χ3n) is 4.14. The standard InChI is InChI=1S/C17H25N3O3/c1-19(2)17(22)20-10-8-14(9-11-20)16(21)18-12-13-4-6-15(23-3)7-5-13/h4-7,14H,8-12H2,1-3H3,(H,18,21). The fraction of sp³-hybridized carbons (Fsp3) is 0.529. The number of rotatable bonds is 4. The van der Waals surface area contributed by atoms with E-state index in [9.17, 15) is 9.59 Å². The van der Waals surface area contributed by atoms with E-state index in [1.165, 1.54) is 0 Å². The van der Waals surface area contributed by atoms with Crippen molar-refractivity contribution in [1.29, 1.82) is 0 Å². The number of amides is 3. The highest BCUT2D eigenvalue weighted by Gasteiger charge is 2.27. The Kier molecular flexibility index (Phi) is 5.84. The van der Waals surface area contributed by atoms with E-state index >= 15 is 0 Å². The number of carbonyl (C=O) groups excluding carboxylic acids is 2. The van der Waals surface area contributed by atoms with Gasteiger partial charge in [-0.25, -0.2) is 4.79 Å². The number of likely N-dealkylation sites (tertiary alicyclic amines) is 1. The number of ether oxygens (including phenoxy) is 1. The maximum absolute atomic E-state index is 12.3. The molecule has 0 aromatic heterocycles. The Balaban J connectivity index is 1.77. The third kappa shape index (κ3) is 4.61. The zero-order chi connectivity index (χ0) is 16.8. The first-order chi connectivity index (χ1) is 11.0. The number of piperidine rings is 1. The van der Waals surface area contributed by atoms with Gasteiger partial charge in [0, 0.05) is 39.6 Å². The van der Waals surface area contributed by atoms with Crippen LogP contribution in [0.2, 0.25) is 0 Å². The molecule has 0 radical (unpaired) electrons. The van der Waals surface area contributed by atoms with Crippen molar-refractivity contribution in [3.05, 3.63) is 29.8 Å². The average molecular weight is 319 g/mol. The van der Waals surface area contributed by atoms with Crippen molar-refractivity contribution in [3.8, 4) is 5.75 Å². The van der Waals surface area contributed by atoms with Gasteiger partial charge < -0.3 is 19.9 Å². The molecule has 6 nitrogen and oxygen atoms in total. The van der Waals surface area contributed by atoms with E-state index in [0.717, 1.165) is 11.3 Å². The Morgan fingerprint density at radius 3 is 2.35 bits per heavy atom. The molecule has 0 saturated carbocycles. The molecule has 1 aliphatic rings. The lowest BCUT2D eigenvalue weighted by Gasteiger charge is -2.33. The molecule has 23 heavy (non-hydrogen) atoms. The Bertz CT molecular complexity index is 535. The largest absolute Gasteiger partial charge is 0.497 e. The highest BCUT2D eigenvalue weighted by atomic mass is 16.5. The summed E-state index contributed by atoms with van der Waals surface area (Å²) in [6, 6.07) is 7.66. The predicted molar refractivity (Wildman–Crippen MR) is 88.2 cm³/mol. The first-order valence-electron chi connectivity index (χ1n) is 7.88. The molecule has 6 heteroatoms. The van der Waals surface area contributed by atoms with Crippen molar-refractivity contribution in [2.45, 2.75) is 19.4 Å². The van der Waals surface area contributed by atoms with Crippen LogP contribution in [0, 0.1) is 5.92 Å². The number of urea groups is 1. The van der Waals surface area contributed by atoms with Crippen LogP contribution in [0.15, 0.2) is 24.3 Å². The summed E-state index contributed by atoms with van der Waals surface area (Å²) in [6.07, 6.45) is 1.43. The van der Waals surface area contributed by atoms with Crippen LogP contribution in [0.25, 0.3) is 0 Å². The van der Waals surface area contributed by atoms with Crippen LogP contribution < -0.4 is 10.1 Å². The second kappa shape index (κ2) is 7.85. The number of benzene rings is 1. The lowest BCUT2D eigenvalue weighted by molar-refractivity contribution is -0.126. The zero-order valence-electron chi connectivity index (χ0n) is 14.0. The van der Waals surface area contributed by atoms with Crippen molar-refractivity contribution in [2.24, 2.45) is 5.92 Å². The molecule has 1 aliphatic heterocycles. The van der Waals surface area contributed by atoms with Crippen LogP contribution in [0.5, 0.6) is 5.75 Å². The van der Waals surface area contributed by atoms with E-state index in [4.69, 9.17) is 4.74 Å². The van der Waals surface area contributed by atoms with Gasteiger partial charge in [-0.3, -0.25) is 4.79 Å². The number of hydrogen-bond acceptors (Lipinski definition) is 3. The first-order valence-corrected chi connectivity index (χ1v) is 7.88. The van der Waals surface area contributed by atoms with Gasteiger partial charge in [0.05, 0.1) is 7.11 Å². The van der Waals surface area contributed by atoms with Crippen molar-refractivity contribution < 1.29 is 14.3 Å². The molecule has 1 heterocycles. The molecule has 1 N–H and O–H groups in total. The van der Waals surface area contributed by atoms with Crippen molar-refractivity contribution in [2.75, 3.05) is 34.3 Å². The smallest absolute Gasteiger partial charge is 0.319 e. The zero-order valence-corrected chi connectivity index (χ0v) is 14.0. The molecule has 0 bridgehead atoms. The van der Waals surface area contributed by atoms with E-state index in [1.54, 1.807) is 31.0 Å². The monoisotopic (exact) mass is 319 g/mol. The second-order valence-corrected chi connectivity index (χ2v) is 6.00. The van der Waals surface area contributed by atoms with Crippen LogP contribution in [0.3, 0.4) is 0 Å². The average Bonchev–Trinajstić information content (AvgIpc) is 2.59. The minimum absolute atomic E-state index is 0.0144. The second-order valence-electron chi connectivity index (χ2n) is 6.00. The van der Waals surface area contributed by atoms with Crippen LogP contribution in [0.4, 0.5) is 4.79 Å². The maximum Gasteiger partial charge on any atom is 0.319 e. The van der Waals surface area contributed by atoms with Gasteiger partial charge in [0.15, 0.2) is 0 Å². The molecular formula is C17H25N3O3. The predicted octanol–water partition coefficient (Wildman–Crippen LogP) is 1.70. The van der Waals surface area contributed by atoms with Crippen LogP contribution in [-0.2, 0) is 11.3 Å². The number of nitrogens with one attached hydrogen (secondary N) is 1.